The largest absolute Gasteiger partial charge is 0.505 e. The van der Waals surface area contributed by atoms with Gasteiger partial charge in [-0.1, -0.05) is 24.3 Å². The lowest BCUT2D eigenvalue weighted by atomic mass is 10.1. The monoisotopic (exact) mass is 969 g/mol. The van der Waals surface area contributed by atoms with Crippen LogP contribution in [0.2, 0.25) is 10.6 Å². The second-order valence-corrected chi connectivity index (χ2v) is 17.5. The van der Waals surface area contributed by atoms with Crippen LogP contribution in [0.4, 0.5) is 69.3 Å². The van der Waals surface area contributed by atoms with Crippen molar-refractivity contribution in [2.24, 2.45) is 20.5 Å². The molecule has 7 rings (SSSR count). The fourth-order valence-electron chi connectivity index (χ4n) is 5.65. The Bertz CT molecular complexity index is 3420. The number of hydrogen-bond acceptors (Lipinski definition) is 22. The number of rotatable bonds is 13. The van der Waals surface area contributed by atoms with Crippen molar-refractivity contribution in [2.75, 3.05) is 27.4 Å². The Morgan fingerprint density at radius 3 is 1.81 bits per heavy atom. The van der Waals surface area contributed by atoms with E-state index in [1.54, 1.807) is 6.07 Å². The number of nitrogens with two attached hydrogens (primary N) is 2. The number of nitrogen functional groups attached to an aromatic ring is 2. The third-order valence-corrected chi connectivity index (χ3v) is 11.3. The number of aromatic hydroxyl groups is 1. The van der Waals surface area contributed by atoms with E-state index in [0.29, 0.717) is 0 Å². The zero-order valence-corrected chi connectivity index (χ0v) is 35.4. The molecule has 0 unspecified atom stereocenters. The Kier molecular flexibility index (Phi) is 12.2. The van der Waals surface area contributed by atoms with Gasteiger partial charge >= 0.3 is 0 Å². The topological polar surface area (TPSA) is 398 Å². The van der Waals surface area contributed by atoms with Gasteiger partial charge in [-0.25, -0.2) is 0 Å². The van der Waals surface area contributed by atoms with E-state index in [1.807, 2.05) is 0 Å². The minimum absolute atomic E-state index is 0.0256. The van der Waals surface area contributed by atoms with Crippen molar-refractivity contribution in [1.82, 2.24) is 29.9 Å². The standard InChI is InChI=1S/C34H25Cl2N15O10S3/c35-29-42-31(38)46-34(43-29)41-21-14-17(9-11-23(21)63(56,57)58)40-33-45-30(36)44-32(47-33)39-16-4-3-5-18(13-16)48-51-27-24(64(59,60)61)12-15-8-10-20(26(37)25(15)28(27)52)50-49-19-6-1-2-7-22(19)62(53,54)55/h1-14,52H,37H2,(H,53,54,55)(H,56,57,58)(H,59,60,61)(H3,38,41,42,43,46)(H2,39,40,44,45,47). The quantitative estimate of drug-likeness (QED) is 0.0313. The second-order valence-electron chi connectivity index (χ2n) is 12.6. The molecule has 5 aromatic carbocycles. The number of halogens is 2. The van der Waals surface area contributed by atoms with Crippen LogP contribution in [0.3, 0.4) is 0 Å². The van der Waals surface area contributed by atoms with Crippen LogP contribution in [0.25, 0.3) is 10.8 Å². The van der Waals surface area contributed by atoms with Gasteiger partial charge in [0.2, 0.25) is 34.4 Å². The first-order chi connectivity index (χ1) is 30.1. The molecule has 30 heteroatoms. The fourth-order valence-corrected chi connectivity index (χ4v) is 7.88. The molecule has 2 aromatic heterocycles. The molecule has 0 aliphatic rings. The molecule has 0 fully saturated rings. The summed E-state index contributed by atoms with van der Waals surface area (Å²) in [5.41, 5.74) is 10.9. The normalized spacial score (nSPS) is 12.3. The summed E-state index contributed by atoms with van der Waals surface area (Å²) in [5.74, 6) is -1.61. The lowest BCUT2D eigenvalue weighted by molar-refractivity contribution is 0.472. The minimum Gasteiger partial charge on any atom is -0.505 e. The van der Waals surface area contributed by atoms with E-state index in [-0.39, 0.29) is 84.9 Å². The predicted molar refractivity (Wildman–Crippen MR) is 231 cm³/mol. The van der Waals surface area contributed by atoms with Crippen molar-refractivity contribution < 1.29 is 44.0 Å². The molecule has 0 saturated carbocycles. The molecule has 64 heavy (non-hydrogen) atoms. The average molecular weight is 971 g/mol. The molecule has 0 aliphatic heterocycles. The summed E-state index contributed by atoms with van der Waals surface area (Å²) in [5, 5.41) is 34.7. The zero-order chi connectivity index (χ0) is 46.1. The summed E-state index contributed by atoms with van der Waals surface area (Å²) in [4.78, 5) is 21.7. The van der Waals surface area contributed by atoms with E-state index in [1.165, 1.54) is 60.7 Å². The maximum Gasteiger partial charge on any atom is 0.296 e. The summed E-state index contributed by atoms with van der Waals surface area (Å²) in [6, 6.07) is 18.2. The van der Waals surface area contributed by atoms with Crippen molar-refractivity contribution in [1.29, 1.82) is 0 Å². The molecule has 0 bridgehead atoms. The van der Waals surface area contributed by atoms with E-state index >= 15 is 0 Å². The van der Waals surface area contributed by atoms with Crippen molar-refractivity contribution >= 4 is 134 Å². The second kappa shape index (κ2) is 17.5. The summed E-state index contributed by atoms with van der Waals surface area (Å²) in [6.07, 6.45) is 0. The first-order valence-electron chi connectivity index (χ1n) is 17.2. The maximum absolute atomic E-state index is 12.5. The van der Waals surface area contributed by atoms with E-state index in [4.69, 9.17) is 34.7 Å². The van der Waals surface area contributed by atoms with Gasteiger partial charge in [-0.3, -0.25) is 13.7 Å². The molecule has 25 nitrogen and oxygen atoms in total. The number of hydrogen-bond donors (Lipinski definition) is 9. The molecule has 0 spiro atoms. The van der Waals surface area contributed by atoms with Crippen molar-refractivity contribution in [3.63, 3.8) is 0 Å². The van der Waals surface area contributed by atoms with E-state index in [9.17, 15) is 44.0 Å². The summed E-state index contributed by atoms with van der Waals surface area (Å²) in [7, 11) is -14.5. The van der Waals surface area contributed by atoms with Crippen molar-refractivity contribution in [2.45, 2.75) is 14.7 Å². The Morgan fingerprint density at radius 2 is 1.16 bits per heavy atom. The minimum atomic E-state index is -5.04. The van der Waals surface area contributed by atoms with Crippen molar-refractivity contribution in [3.05, 3.63) is 95.5 Å². The van der Waals surface area contributed by atoms with E-state index in [0.717, 1.165) is 18.2 Å². The molecular formula is C34H25Cl2N15O10S3. The number of benzene rings is 5. The number of phenols is 1. The number of nitrogens with zero attached hydrogens (tertiary/aromatic N) is 10. The van der Waals surface area contributed by atoms with Crippen LogP contribution in [0.5, 0.6) is 5.75 Å². The fraction of sp³-hybridized carbons (Fsp3) is 0. The molecule has 0 saturated heterocycles. The number of phenolic OH excluding ortho intramolecular Hbond substituents is 1. The molecule has 2 heterocycles. The van der Waals surface area contributed by atoms with Gasteiger partial charge in [-0.2, -0.15) is 60.3 Å². The van der Waals surface area contributed by atoms with Crippen LogP contribution in [-0.2, 0) is 30.4 Å². The third-order valence-electron chi connectivity index (χ3n) is 8.28. The summed E-state index contributed by atoms with van der Waals surface area (Å²) < 4.78 is 102. The highest BCUT2D eigenvalue weighted by Gasteiger charge is 2.25. The third kappa shape index (κ3) is 10.3. The molecule has 0 amide bonds. The Labute approximate surface area is 369 Å². The number of anilines is 8. The highest BCUT2D eigenvalue weighted by molar-refractivity contribution is 7.86. The lowest BCUT2D eigenvalue weighted by Gasteiger charge is -2.13. The average Bonchev–Trinajstić information content (AvgIpc) is 3.18. The van der Waals surface area contributed by atoms with Crippen LogP contribution in [0.15, 0.2) is 120 Å². The molecule has 7 aromatic rings. The van der Waals surface area contributed by atoms with Gasteiger partial charge in [0.1, 0.15) is 31.7 Å². The molecule has 328 valence electrons. The van der Waals surface area contributed by atoms with Gasteiger partial charge in [0.05, 0.1) is 22.4 Å². The summed E-state index contributed by atoms with van der Waals surface area (Å²) >= 11 is 12.0. The van der Waals surface area contributed by atoms with E-state index in [2.05, 4.69) is 66.3 Å². The highest BCUT2D eigenvalue weighted by atomic mass is 35.5. The lowest BCUT2D eigenvalue weighted by Crippen LogP contribution is -2.08. The van der Waals surface area contributed by atoms with Crippen LogP contribution in [0, 0.1) is 0 Å². The van der Waals surface area contributed by atoms with Gasteiger partial charge in [0.25, 0.3) is 30.4 Å². The van der Waals surface area contributed by atoms with E-state index < -0.39 is 56.5 Å². The Hall–Kier alpha value is -7.31. The van der Waals surface area contributed by atoms with Crippen LogP contribution >= 0.6 is 23.2 Å². The van der Waals surface area contributed by atoms with Gasteiger partial charge in [0.15, 0.2) is 5.75 Å². The molecule has 0 atom stereocenters. The summed E-state index contributed by atoms with van der Waals surface area (Å²) in [6.45, 7) is 0. The molecule has 11 N–H and O–H groups in total. The van der Waals surface area contributed by atoms with Crippen molar-refractivity contribution in [3.8, 4) is 5.75 Å². The zero-order valence-electron chi connectivity index (χ0n) is 31.4. The number of aromatic nitrogens is 6. The SMILES string of the molecule is Nc1nc(Cl)nc(Nc2cc(Nc3nc(Cl)nc(Nc4cccc(N=Nc5c(S(=O)(=O)O)cc6ccc(N=Nc7ccccc7S(=O)(=O)O)c(N)c6c5O)c4)n3)ccc2S(=O)(=O)O)n1. The van der Waals surface area contributed by atoms with Crippen LogP contribution in [-0.4, -0.2) is 73.9 Å². The molecule has 0 radical (unpaired) electrons. The number of nitrogens with one attached hydrogen (secondary N) is 3. The van der Waals surface area contributed by atoms with Gasteiger partial charge in [-0.05, 0) is 89.3 Å². The predicted octanol–water partition coefficient (Wildman–Crippen LogP) is 7.19. The van der Waals surface area contributed by atoms with Gasteiger partial charge in [0, 0.05) is 11.4 Å². The van der Waals surface area contributed by atoms with Gasteiger partial charge < -0.3 is 32.5 Å². The highest BCUT2D eigenvalue weighted by Crippen LogP contribution is 2.46. The maximum atomic E-state index is 12.5. The first kappa shape index (κ1) is 44.7. The van der Waals surface area contributed by atoms with Crippen LogP contribution < -0.4 is 27.4 Å². The van der Waals surface area contributed by atoms with Gasteiger partial charge in [-0.15, -0.1) is 15.3 Å². The Morgan fingerprint density at radius 1 is 0.547 bits per heavy atom. The molecular weight excluding hydrogens is 946 g/mol. The smallest absolute Gasteiger partial charge is 0.296 e. The number of azo groups is 2. The number of fused-ring (bicyclic) bond motifs is 1. The van der Waals surface area contributed by atoms with Crippen LogP contribution in [0.1, 0.15) is 0 Å². The molecule has 0 aliphatic carbocycles. The first-order valence-corrected chi connectivity index (χ1v) is 22.3. The Balaban J connectivity index is 1.16.